The second-order valence-electron chi connectivity index (χ2n) is 7.47. The average Bonchev–Trinajstić information content (AvgIpc) is 3.22. The van der Waals surface area contributed by atoms with Gasteiger partial charge in [-0.05, 0) is 49.2 Å². The van der Waals surface area contributed by atoms with Gasteiger partial charge in [0.25, 0.3) is 5.91 Å². The Labute approximate surface area is 179 Å². The molecule has 1 aliphatic rings. The van der Waals surface area contributed by atoms with Crippen molar-refractivity contribution in [3.8, 4) is 11.4 Å². The first-order valence-corrected chi connectivity index (χ1v) is 10.4. The number of imidazole rings is 1. The van der Waals surface area contributed by atoms with E-state index in [1.165, 1.54) is 0 Å². The lowest BCUT2D eigenvalue weighted by molar-refractivity contribution is 0.0700. The summed E-state index contributed by atoms with van der Waals surface area (Å²) in [5.41, 5.74) is 4.04. The van der Waals surface area contributed by atoms with Crippen LogP contribution in [-0.4, -0.2) is 43.2 Å². The summed E-state index contributed by atoms with van der Waals surface area (Å²) >= 11 is 6.17. The summed E-state index contributed by atoms with van der Waals surface area (Å²) in [6.07, 6.45) is 7.26. The number of aromatic nitrogens is 4. The van der Waals surface area contributed by atoms with Crippen LogP contribution in [0, 0.1) is 0 Å². The van der Waals surface area contributed by atoms with E-state index in [9.17, 15) is 4.79 Å². The summed E-state index contributed by atoms with van der Waals surface area (Å²) in [5.74, 6) is 0.169. The third-order valence-corrected chi connectivity index (χ3v) is 5.74. The van der Waals surface area contributed by atoms with Gasteiger partial charge in [-0.2, -0.15) is 0 Å². The number of pyridine rings is 3. The second kappa shape index (κ2) is 7.88. The maximum Gasteiger partial charge on any atom is 0.272 e. The highest BCUT2D eigenvalue weighted by molar-refractivity contribution is 6.30. The zero-order valence-electron chi connectivity index (χ0n) is 16.3. The Morgan fingerprint density at radius 2 is 2.00 bits per heavy atom. The number of fused-ring (bicyclic) bond motifs is 1. The van der Waals surface area contributed by atoms with E-state index < -0.39 is 0 Å². The molecule has 1 amide bonds. The number of amides is 1. The summed E-state index contributed by atoms with van der Waals surface area (Å²) in [4.78, 5) is 28.3. The largest absolute Gasteiger partial charge is 0.337 e. The second-order valence-corrected chi connectivity index (χ2v) is 7.91. The Bertz CT molecular complexity index is 1210. The maximum absolute atomic E-state index is 12.8. The van der Waals surface area contributed by atoms with Gasteiger partial charge in [-0.1, -0.05) is 23.7 Å². The van der Waals surface area contributed by atoms with Gasteiger partial charge in [0.15, 0.2) is 0 Å². The smallest absolute Gasteiger partial charge is 0.272 e. The highest BCUT2D eigenvalue weighted by Gasteiger charge is 2.27. The van der Waals surface area contributed by atoms with Crippen molar-refractivity contribution >= 4 is 23.2 Å². The molecule has 5 heterocycles. The molecule has 0 saturated carbocycles. The standard InChI is InChI=1S/C23H20ClN5O/c24-17-9-10-22-26-13-21(29(22)15-17)19-8-3-7-18(27-19)16-5-4-12-28(14-16)23(30)20-6-1-2-11-25-20/h1-3,6-11,13,15-16H,4-5,12,14H2. The molecule has 0 aromatic carbocycles. The van der Waals surface area contributed by atoms with Crippen molar-refractivity contribution in [2.45, 2.75) is 18.8 Å². The molecule has 0 spiro atoms. The lowest BCUT2D eigenvalue weighted by Gasteiger charge is -2.32. The van der Waals surface area contributed by atoms with Crippen molar-refractivity contribution < 1.29 is 4.79 Å². The number of hydrogen-bond acceptors (Lipinski definition) is 4. The molecular formula is C23H20ClN5O. The molecule has 0 aliphatic carbocycles. The van der Waals surface area contributed by atoms with Gasteiger partial charge in [-0.3, -0.25) is 19.2 Å². The van der Waals surface area contributed by atoms with Crippen LogP contribution >= 0.6 is 11.6 Å². The molecule has 1 fully saturated rings. The third kappa shape index (κ3) is 3.55. The van der Waals surface area contributed by atoms with E-state index in [1.54, 1.807) is 12.3 Å². The molecule has 0 bridgehead atoms. The summed E-state index contributed by atoms with van der Waals surface area (Å²) in [6.45, 7) is 1.39. The molecule has 1 unspecified atom stereocenters. The monoisotopic (exact) mass is 417 g/mol. The number of hydrogen-bond donors (Lipinski definition) is 0. The molecule has 1 aliphatic heterocycles. The first-order chi connectivity index (χ1) is 14.7. The molecule has 1 atom stereocenters. The Balaban J connectivity index is 1.42. The van der Waals surface area contributed by atoms with E-state index in [1.807, 2.05) is 64.2 Å². The molecule has 4 aromatic heterocycles. The SMILES string of the molecule is O=C(c1ccccn1)N1CCCC(c2cccc(-c3cnc4ccc(Cl)cn34)n2)C1. The molecular weight excluding hydrogens is 398 g/mol. The van der Waals surface area contributed by atoms with Crippen LogP contribution in [-0.2, 0) is 0 Å². The number of carbonyl (C=O) groups is 1. The van der Waals surface area contributed by atoms with Crippen LogP contribution in [0.3, 0.4) is 0 Å². The van der Waals surface area contributed by atoms with Crippen LogP contribution in [0.5, 0.6) is 0 Å². The number of nitrogens with zero attached hydrogens (tertiary/aromatic N) is 5. The number of halogens is 1. The fraction of sp³-hybridized carbons (Fsp3) is 0.217. The van der Waals surface area contributed by atoms with Crippen molar-refractivity contribution in [1.82, 2.24) is 24.3 Å². The zero-order valence-corrected chi connectivity index (χ0v) is 17.0. The Morgan fingerprint density at radius 3 is 2.87 bits per heavy atom. The van der Waals surface area contributed by atoms with Gasteiger partial charge < -0.3 is 4.90 Å². The van der Waals surface area contributed by atoms with Crippen LogP contribution in [0.25, 0.3) is 17.0 Å². The molecule has 0 N–H and O–H groups in total. The van der Waals surface area contributed by atoms with Gasteiger partial charge >= 0.3 is 0 Å². The third-order valence-electron chi connectivity index (χ3n) is 5.51. The fourth-order valence-electron chi connectivity index (χ4n) is 4.02. The topological polar surface area (TPSA) is 63.4 Å². The molecule has 6 nitrogen and oxygen atoms in total. The van der Waals surface area contributed by atoms with Crippen LogP contribution in [0.1, 0.15) is 34.9 Å². The van der Waals surface area contributed by atoms with Crippen molar-refractivity contribution in [1.29, 1.82) is 0 Å². The molecule has 150 valence electrons. The fourth-order valence-corrected chi connectivity index (χ4v) is 4.18. The minimum Gasteiger partial charge on any atom is -0.337 e. The number of piperidine rings is 1. The van der Waals surface area contributed by atoms with Crippen molar-refractivity contribution in [2.24, 2.45) is 0 Å². The zero-order chi connectivity index (χ0) is 20.5. The summed E-state index contributed by atoms with van der Waals surface area (Å²) in [5, 5.41) is 0.647. The van der Waals surface area contributed by atoms with E-state index in [2.05, 4.69) is 9.97 Å². The number of rotatable bonds is 3. The van der Waals surface area contributed by atoms with Crippen LogP contribution in [0.4, 0.5) is 0 Å². The molecule has 1 saturated heterocycles. The van der Waals surface area contributed by atoms with Crippen LogP contribution in [0.15, 0.2) is 67.1 Å². The lowest BCUT2D eigenvalue weighted by atomic mass is 9.93. The minimum absolute atomic E-state index is 0.0205. The predicted octanol–water partition coefficient (Wildman–Crippen LogP) is 4.46. The van der Waals surface area contributed by atoms with E-state index >= 15 is 0 Å². The Hall–Kier alpha value is -3.25. The van der Waals surface area contributed by atoms with Crippen molar-refractivity contribution in [3.05, 3.63) is 83.5 Å². The first kappa shape index (κ1) is 18.8. The van der Waals surface area contributed by atoms with Crippen LogP contribution < -0.4 is 0 Å². The van der Waals surface area contributed by atoms with Crippen molar-refractivity contribution in [2.75, 3.05) is 13.1 Å². The molecule has 0 radical (unpaired) electrons. The van der Waals surface area contributed by atoms with Gasteiger partial charge in [0.1, 0.15) is 11.3 Å². The Kier molecular flexibility index (Phi) is 4.93. The van der Waals surface area contributed by atoms with Gasteiger partial charge in [-0.15, -0.1) is 0 Å². The summed E-state index contributed by atoms with van der Waals surface area (Å²) < 4.78 is 1.95. The van der Waals surface area contributed by atoms with E-state index in [0.717, 1.165) is 42.1 Å². The number of carbonyl (C=O) groups excluding carboxylic acids is 1. The molecule has 4 aromatic rings. The minimum atomic E-state index is -0.0205. The molecule has 5 rings (SSSR count). The van der Waals surface area contributed by atoms with E-state index in [-0.39, 0.29) is 11.8 Å². The maximum atomic E-state index is 12.8. The highest BCUT2D eigenvalue weighted by Crippen LogP contribution is 2.29. The first-order valence-electron chi connectivity index (χ1n) is 9.99. The van der Waals surface area contributed by atoms with Gasteiger partial charge in [0, 0.05) is 37.1 Å². The highest BCUT2D eigenvalue weighted by atomic mass is 35.5. The average molecular weight is 418 g/mol. The Morgan fingerprint density at radius 1 is 1.07 bits per heavy atom. The van der Waals surface area contributed by atoms with Crippen LogP contribution in [0.2, 0.25) is 5.02 Å². The van der Waals surface area contributed by atoms with Crippen molar-refractivity contribution in [3.63, 3.8) is 0 Å². The van der Waals surface area contributed by atoms with Gasteiger partial charge in [0.05, 0.1) is 22.6 Å². The summed E-state index contributed by atoms with van der Waals surface area (Å²) in [6, 6.07) is 15.2. The number of likely N-dealkylation sites (tertiary alicyclic amines) is 1. The lowest BCUT2D eigenvalue weighted by Crippen LogP contribution is -2.39. The predicted molar refractivity (Wildman–Crippen MR) is 116 cm³/mol. The summed E-state index contributed by atoms with van der Waals surface area (Å²) in [7, 11) is 0. The molecule has 7 heteroatoms. The van der Waals surface area contributed by atoms with E-state index in [0.29, 0.717) is 17.3 Å². The van der Waals surface area contributed by atoms with Gasteiger partial charge in [0.2, 0.25) is 0 Å². The quantitative estimate of drug-likeness (QED) is 0.493. The van der Waals surface area contributed by atoms with Gasteiger partial charge in [-0.25, -0.2) is 4.98 Å². The molecule has 30 heavy (non-hydrogen) atoms. The van der Waals surface area contributed by atoms with E-state index in [4.69, 9.17) is 16.6 Å². The normalized spacial score (nSPS) is 16.7.